The minimum absolute atomic E-state index is 0.143. The van der Waals surface area contributed by atoms with E-state index in [4.69, 9.17) is 12.2 Å². The SMILES string of the molecule is CCC1(C)C=C2C(=S)C(C#N)=C(c3cccc(C)c3)C(C)C2=CC1. The number of fused-ring (bicyclic) bond motifs is 1. The summed E-state index contributed by atoms with van der Waals surface area (Å²) in [5, 5.41) is 9.82. The molecule has 0 saturated heterocycles. The van der Waals surface area contributed by atoms with Crippen LogP contribution in [-0.2, 0) is 0 Å². The van der Waals surface area contributed by atoms with E-state index in [-0.39, 0.29) is 11.3 Å². The summed E-state index contributed by atoms with van der Waals surface area (Å²) in [5.74, 6) is 0.195. The highest BCUT2D eigenvalue weighted by Crippen LogP contribution is 2.47. The van der Waals surface area contributed by atoms with Gasteiger partial charge in [-0.25, -0.2) is 0 Å². The lowest BCUT2D eigenvalue weighted by atomic mass is 9.68. The Morgan fingerprint density at radius 3 is 2.75 bits per heavy atom. The van der Waals surface area contributed by atoms with E-state index >= 15 is 0 Å². The zero-order valence-electron chi connectivity index (χ0n) is 14.8. The Kier molecular flexibility index (Phi) is 4.32. The van der Waals surface area contributed by atoms with Crippen molar-refractivity contribution in [3.63, 3.8) is 0 Å². The molecule has 0 fully saturated rings. The summed E-state index contributed by atoms with van der Waals surface area (Å²) in [7, 11) is 0. The van der Waals surface area contributed by atoms with Crippen LogP contribution in [0, 0.1) is 29.6 Å². The van der Waals surface area contributed by atoms with E-state index in [2.05, 4.69) is 70.2 Å². The number of allylic oxidation sites excluding steroid dienone is 6. The van der Waals surface area contributed by atoms with E-state index in [0.29, 0.717) is 5.57 Å². The fourth-order valence-electron chi connectivity index (χ4n) is 3.74. The molecule has 122 valence electrons. The normalized spacial score (nSPS) is 26.5. The lowest BCUT2D eigenvalue weighted by molar-refractivity contribution is 0.408. The summed E-state index contributed by atoms with van der Waals surface area (Å²) in [6, 6.07) is 10.8. The smallest absolute Gasteiger partial charge is 0.101 e. The van der Waals surface area contributed by atoms with Crippen molar-refractivity contribution >= 4 is 22.7 Å². The number of aryl methyl sites for hydroxylation is 1. The molecule has 1 aromatic rings. The third-order valence-electron chi connectivity index (χ3n) is 5.48. The van der Waals surface area contributed by atoms with Crippen LogP contribution in [-0.4, -0.2) is 4.86 Å². The lowest BCUT2D eigenvalue weighted by Crippen LogP contribution is -2.26. The number of rotatable bonds is 2. The molecular formula is C22H23NS. The maximum absolute atomic E-state index is 9.82. The van der Waals surface area contributed by atoms with Crippen molar-refractivity contribution in [3.8, 4) is 6.07 Å². The van der Waals surface area contributed by atoms with Gasteiger partial charge in [0, 0.05) is 5.92 Å². The lowest BCUT2D eigenvalue weighted by Gasteiger charge is -2.36. The van der Waals surface area contributed by atoms with Gasteiger partial charge in [0.25, 0.3) is 0 Å². The van der Waals surface area contributed by atoms with Crippen molar-refractivity contribution in [1.82, 2.24) is 0 Å². The first-order valence-corrected chi connectivity index (χ1v) is 9.00. The molecule has 2 unspecified atom stereocenters. The molecule has 0 aliphatic heterocycles. The van der Waals surface area contributed by atoms with Gasteiger partial charge in [-0.2, -0.15) is 5.26 Å². The molecule has 0 saturated carbocycles. The van der Waals surface area contributed by atoms with E-state index in [0.717, 1.165) is 34.4 Å². The maximum Gasteiger partial charge on any atom is 0.101 e. The largest absolute Gasteiger partial charge is 0.192 e. The van der Waals surface area contributed by atoms with Crippen molar-refractivity contribution in [2.24, 2.45) is 11.3 Å². The summed E-state index contributed by atoms with van der Waals surface area (Å²) in [6.07, 6.45) is 6.77. The van der Waals surface area contributed by atoms with Crippen molar-refractivity contribution in [2.45, 2.75) is 40.5 Å². The van der Waals surface area contributed by atoms with E-state index in [9.17, 15) is 5.26 Å². The molecule has 3 rings (SSSR count). The topological polar surface area (TPSA) is 23.8 Å². The monoisotopic (exact) mass is 333 g/mol. The van der Waals surface area contributed by atoms with Gasteiger partial charge in [0.15, 0.2) is 0 Å². The van der Waals surface area contributed by atoms with Crippen LogP contribution in [0.2, 0.25) is 0 Å². The van der Waals surface area contributed by atoms with Gasteiger partial charge in [-0.05, 0) is 47.5 Å². The fraction of sp³-hybridized carbons (Fsp3) is 0.364. The van der Waals surface area contributed by atoms with Crippen LogP contribution >= 0.6 is 12.2 Å². The predicted octanol–water partition coefficient (Wildman–Crippen LogP) is 5.96. The van der Waals surface area contributed by atoms with Gasteiger partial charge in [0.1, 0.15) is 6.07 Å². The fourth-order valence-corrected chi connectivity index (χ4v) is 4.08. The van der Waals surface area contributed by atoms with Gasteiger partial charge < -0.3 is 0 Å². The highest BCUT2D eigenvalue weighted by Gasteiger charge is 2.36. The van der Waals surface area contributed by atoms with Crippen molar-refractivity contribution in [2.75, 3.05) is 0 Å². The van der Waals surface area contributed by atoms with E-state index in [1.165, 1.54) is 11.1 Å². The average molecular weight is 334 g/mol. The minimum Gasteiger partial charge on any atom is -0.192 e. The quantitative estimate of drug-likeness (QED) is 0.623. The minimum atomic E-state index is 0.143. The molecule has 2 atom stereocenters. The van der Waals surface area contributed by atoms with Crippen molar-refractivity contribution in [1.29, 1.82) is 5.26 Å². The molecule has 1 aromatic carbocycles. The molecule has 0 heterocycles. The van der Waals surface area contributed by atoms with Crippen LogP contribution in [0.15, 0.2) is 53.1 Å². The molecule has 0 bridgehead atoms. The first-order valence-electron chi connectivity index (χ1n) is 8.59. The summed E-state index contributed by atoms with van der Waals surface area (Å²) in [5.41, 5.74) is 6.62. The van der Waals surface area contributed by atoms with Gasteiger partial charge in [0.2, 0.25) is 0 Å². The Hall–Kier alpha value is -1.98. The molecule has 2 aliphatic rings. The molecule has 0 radical (unpaired) electrons. The second-order valence-electron chi connectivity index (χ2n) is 7.25. The Morgan fingerprint density at radius 2 is 2.12 bits per heavy atom. The van der Waals surface area contributed by atoms with Crippen LogP contribution in [0.1, 0.15) is 44.7 Å². The number of hydrogen-bond donors (Lipinski definition) is 0. The standard InChI is InChI=1S/C22H23NS/c1-5-22(4)10-9-17-15(3)20(16-8-6-7-14(2)11-16)19(13-23)21(24)18(17)12-22/h6-9,11-12,15H,5,10H2,1-4H3. The molecule has 0 amide bonds. The Balaban J connectivity index is 2.21. The highest BCUT2D eigenvalue weighted by molar-refractivity contribution is 7.81. The molecular weight excluding hydrogens is 310 g/mol. The predicted molar refractivity (Wildman–Crippen MR) is 105 cm³/mol. The van der Waals surface area contributed by atoms with Crippen LogP contribution in [0.5, 0.6) is 0 Å². The molecule has 0 N–H and O–H groups in total. The number of thiocarbonyl (C=S) groups is 1. The average Bonchev–Trinajstić information content (AvgIpc) is 2.57. The number of nitrogens with zero attached hydrogens (tertiary/aromatic N) is 1. The summed E-state index contributed by atoms with van der Waals surface area (Å²) < 4.78 is 0. The highest BCUT2D eigenvalue weighted by atomic mass is 32.1. The van der Waals surface area contributed by atoms with Crippen molar-refractivity contribution in [3.05, 3.63) is 64.3 Å². The Bertz CT molecular complexity index is 847. The number of benzene rings is 1. The molecule has 24 heavy (non-hydrogen) atoms. The molecule has 0 spiro atoms. The van der Waals surface area contributed by atoms with Crippen LogP contribution in [0.3, 0.4) is 0 Å². The van der Waals surface area contributed by atoms with Gasteiger partial charge >= 0.3 is 0 Å². The second-order valence-corrected chi connectivity index (χ2v) is 7.66. The molecule has 1 nitrogen and oxygen atoms in total. The third-order valence-corrected chi connectivity index (χ3v) is 5.91. The van der Waals surface area contributed by atoms with Gasteiger partial charge in [0.05, 0.1) is 10.4 Å². The zero-order valence-corrected chi connectivity index (χ0v) is 15.6. The van der Waals surface area contributed by atoms with Gasteiger partial charge in [-0.3, -0.25) is 0 Å². The van der Waals surface area contributed by atoms with E-state index in [1.807, 2.05) is 0 Å². The van der Waals surface area contributed by atoms with Crippen LogP contribution in [0.4, 0.5) is 0 Å². The summed E-state index contributed by atoms with van der Waals surface area (Å²) >= 11 is 5.75. The molecule has 2 heteroatoms. The van der Waals surface area contributed by atoms with Gasteiger partial charge in [-0.15, -0.1) is 0 Å². The Morgan fingerprint density at radius 1 is 1.38 bits per heavy atom. The Labute approximate surface area is 150 Å². The maximum atomic E-state index is 9.82. The van der Waals surface area contributed by atoms with E-state index in [1.54, 1.807) is 0 Å². The van der Waals surface area contributed by atoms with Gasteiger partial charge in [-0.1, -0.05) is 75.0 Å². The first kappa shape index (κ1) is 16.9. The number of hydrogen-bond acceptors (Lipinski definition) is 2. The summed E-state index contributed by atoms with van der Waals surface area (Å²) in [4.78, 5) is 0.720. The first-order chi connectivity index (χ1) is 11.4. The van der Waals surface area contributed by atoms with E-state index < -0.39 is 0 Å². The third kappa shape index (κ3) is 2.68. The summed E-state index contributed by atoms with van der Waals surface area (Å²) in [6.45, 7) is 8.77. The molecule has 0 aromatic heterocycles. The van der Waals surface area contributed by atoms with Crippen LogP contribution < -0.4 is 0 Å². The second kappa shape index (κ2) is 6.15. The zero-order chi connectivity index (χ0) is 17.5. The number of nitriles is 1. The van der Waals surface area contributed by atoms with Crippen LogP contribution in [0.25, 0.3) is 5.57 Å². The van der Waals surface area contributed by atoms with Crippen molar-refractivity contribution < 1.29 is 0 Å². The molecule has 2 aliphatic carbocycles.